The summed E-state index contributed by atoms with van der Waals surface area (Å²) in [6.45, 7) is 0.667. The fourth-order valence-corrected chi connectivity index (χ4v) is 3.61. The van der Waals surface area contributed by atoms with Crippen molar-refractivity contribution in [3.05, 3.63) is 29.8 Å². The summed E-state index contributed by atoms with van der Waals surface area (Å²) in [4.78, 5) is 0. The molecule has 0 aliphatic carbocycles. The standard InChI is InChI=1S/C12H16BrNO3S/c13-8-10-3-5-11(6-4-10)14-18(15,16)9-12-2-1-7-17-12/h3-6,12,14H,1-2,7-9H2. The van der Waals surface area contributed by atoms with Crippen molar-refractivity contribution in [1.29, 1.82) is 0 Å². The van der Waals surface area contributed by atoms with Crippen LogP contribution in [0.2, 0.25) is 0 Å². The van der Waals surface area contributed by atoms with Gasteiger partial charge in [0.2, 0.25) is 10.0 Å². The molecule has 1 atom stereocenters. The summed E-state index contributed by atoms with van der Waals surface area (Å²) >= 11 is 3.35. The maximum atomic E-state index is 11.9. The van der Waals surface area contributed by atoms with Crippen molar-refractivity contribution in [1.82, 2.24) is 0 Å². The monoisotopic (exact) mass is 333 g/mol. The number of rotatable bonds is 5. The quantitative estimate of drug-likeness (QED) is 0.842. The molecule has 1 aliphatic rings. The summed E-state index contributed by atoms with van der Waals surface area (Å²) in [5, 5.41) is 0.760. The van der Waals surface area contributed by atoms with Crippen molar-refractivity contribution in [2.24, 2.45) is 0 Å². The number of hydrogen-bond acceptors (Lipinski definition) is 3. The molecule has 6 heteroatoms. The van der Waals surface area contributed by atoms with E-state index in [0.717, 1.165) is 23.7 Å². The molecule has 1 unspecified atom stereocenters. The van der Waals surface area contributed by atoms with Gasteiger partial charge in [-0.15, -0.1) is 0 Å². The summed E-state index contributed by atoms with van der Waals surface area (Å²) < 4.78 is 31.7. The number of alkyl halides is 1. The SMILES string of the molecule is O=S(=O)(CC1CCCO1)Nc1ccc(CBr)cc1. The minimum atomic E-state index is -3.32. The number of ether oxygens (including phenoxy) is 1. The van der Waals surface area contributed by atoms with Crippen LogP contribution < -0.4 is 4.72 Å². The normalized spacial score (nSPS) is 19.9. The van der Waals surface area contributed by atoms with Crippen molar-refractivity contribution in [2.75, 3.05) is 17.1 Å². The minimum Gasteiger partial charge on any atom is -0.377 e. The second-order valence-corrected chi connectivity index (χ2v) is 6.68. The lowest BCUT2D eigenvalue weighted by molar-refractivity contribution is 0.127. The van der Waals surface area contributed by atoms with Gasteiger partial charge in [-0.2, -0.15) is 0 Å². The molecule has 0 spiro atoms. The molecule has 1 aromatic rings. The summed E-state index contributed by atoms with van der Waals surface area (Å²) in [7, 11) is -3.32. The van der Waals surface area contributed by atoms with E-state index in [9.17, 15) is 8.42 Å². The molecule has 1 heterocycles. The van der Waals surface area contributed by atoms with Crippen LogP contribution in [0.5, 0.6) is 0 Å². The second kappa shape index (κ2) is 6.04. The second-order valence-electron chi connectivity index (χ2n) is 4.35. The van der Waals surface area contributed by atoms with Crippen LogP contribution in [0, 0.1) is 0 Å². The summed E-state index contributed by atoms with van der Waals surface area (Å²) in [6, 6.07) is 7.31. The van der Waals surface area contributed by atoms with Gasteiger partial charge in [-0.3, -0.25) is 4.72 Å². The van der Waals surface area contributed by atoms with Gasteiger partial charge in [0, 0.05) is 17.6 Å². The predicted octanol–water partition coefficient (Wildman–Crippen LogP) is 2.50. The van der Waals surface area contributed by atoms with Crippen molar-refractivity contribution in [3.8, 4) is 0 Å². The van der Waals surface area contributed by atoms with E-state index in [-0.39, 0.29) is 11.9 Å². The topological polar surface area (TPSA) is 55.4 Å². The van der Waals surface area contributed by atoms with Gasteiger partial charge in [-0.1, -0.05) is 28.1 Å². The fourth-order valence-electron chi connectivity index (χ4n) is 1.90. The first-order valence-electron chi connectivity index (χ1n) is 5.86. The molecule has 0 amide bonds. The highest BCUT2D eigenvalue weighted by Gasteiger charge is 2.23. The van der Waals surface area contributed by atoms with Crippen LogP contribution in [0.4, 0.5) is 5.69 Å². The zero-order valence-electron chi connectivity index (χ0n) is 9.93. The van der Waals surface area contributed by atoms with E-state index < -0.39 is 10.0 Å². The summed E-state index contributed by atoms with van der Waals surface area (Å²) in [6.07, 6.45) is 1.60. The van der Waals surface area contributed by atoms with Crippen LogP contribution in [0.15, 0.2) is 24.3 Å². The third-order valence-electron chi connectivity index (χ3n) is 2.81. The number of benzene rings is 1. The molecule has 0 radical (unpaired) electrons. The molecule has 0 saturated carbocycles. The van der Waals surface area contributed by atoms with E-state index in [0.29, 0.717) is 12.3 Å². The molecule has 18 heavy (non-hydrogen) atoms. The van der Waals surface area contributed by atoms with Crippen LogP contribution in [0.25, 0.3) is 0 Å². The van der Waals surface area contributed by atoms with E-state index >= 15 is 0 Å². The summed E-state index contributed by atoms with van der Waals surface area (Å²) in [5.74, 6) is 0.0349. The first kappa shape index (κ1) is 13.8. The molecule has 0 aromatic heterocycles. The highest BCUT2D eigenvalue weighted by atomic mass is 79.9. The number of halogens is 1. The highest BCUT2D eigenvalue weighted by Crippen LogP contribution is 2.17. The molecule has 1 aromatic carbocycles. The molecular formula is C12H16BrNO3S. The van der Waals surface area contributed by atoms with Crippen LogP contribution >= 0.6 is 15.9 Å². The lowest BCUT2D eigenvalue weighted by atomic mass is 10.2. The zero-order chi connectivity index (χ0) is 13.0. The number of nitrogens with one attached hydrogen (secondary N) is 1. The zero-order valence-corrected chi connectivity index (χ0v) is 12.3. The van der Waals surface area contributed by atoms with Crippen molar-refractivity contribution in [2.45, 2.75) is 24.3 Å². The van der Waals surface area contributed by atoms with E-state index in [1.807, 2.05) is 12.1 Å². The molecule has 1 fully saturated rings. The average molecular weight is 334 g/mol. The molecule has 2 rings (SSSR count). The number of anilines is 1. The van der Waals surface area contributed by atoms with Crippen LogP contribution in [0.1, 0.15) is 18.4 Å². The fraction of sp³-hybridized carbons (Fsp3) is 0.500. The molecule has 1 N–H and O–H groups in total. The van der Waals surface area contributed by atoms with Gasteiger partial charge in [0.25, 0.3) is 0 Å². The minimum absolute atomic E-state index is 0.0349. The van der Waals surface area contributed by atoms with Crippen molar-refractivity contribution >= 4 is 31.6 Å². The number of sulfonamides is 1. The Balaban J connectivity index is 1.97. The Morgan fingerprint density at radius 1 is 1.33 bits per heavy atom. The Morgan fingerprint density at radius 2 is 2.06 bits per heavy atom. The van der Waals surface area contributed by atoms with Gasteiger partial charge in [0.1, 0.15) is 0 Å². The van der Waals surface area contributed by atoms with Gasteiger partial charge in [-0.05, 0) is 30.5 Å². The largest absolute Gasteiger partial charge is 0.377 e. The first-order valence-corrected chi connectivity index (χ1v) is 8.63. The van der Waals surface area contributed by atoms with Gasteiger partial charge in [0.15, 0.2) is 0 Å². The van der Waals surface area contributed by atoms with E-state index in [4.69, 9.17) is 4.74 Å². The maximum Gasteiger partial charge on any atom is 0.235 e. The van der Waals surface area contributed by atoms with E-state index in [1.54, 1.807) is 12.1 Å². The smallest absolute Gasteiger partial charge is 0.235 e. The average Bonchev–Trinajstić information content (AvgIpc) is 2.81. The lowest BCUT2D eigenvalue weighted by Crippen LogP contribution is -2.25. The lowest BCUT2D eigenvalue weighted by Gasteiger charge is -2.12. The first-order chi connectivity index (χ1) is 8.59. The van der Waals surface area contributed by atoms with Crippen molar-refractivity contribution < 1.29 is 13.2 Å². The van der Waals surface area contributed by atoms with Crippen LogP contribution in [0.3, 0.4) is 0 Å². The Hall–Kier alpha value is -0.590. The van der Waals surface area contributed by atoms with E-state index in [1.165, 1.54) is 0 Å². The molecule has 4 nitrogen and oxygen atoms in total. The van der Waals surface area contributed by atoms with Gasteiger partial charge < -0.3 is 4.74 Å². The van der Waals surface area contributed by atoms with Crippen LogP contribution in [-0.4, -0.2) is 26.9 Å². The molecule has 1 saturated heterocycles. The molecule has 0 bridgehead atoms. The Kier molecular flexibility index (Phi) is 4.64. The highest BCUT2D eigenvalue weighted by molar-refractivity contribution is 9.08. The Bertz CT molecular complexity index is 481. The summed E-state index contributed by atoms with van der Waals surface area (Å²) in [5.41, 5.74) is 1.70. The maximum absolute atomic E-state index is 11.9. The van der Waals surface area contributed by atoms with Crippen molar-refractivity contribution in [3.63, 3.8) is 0 Å². The predicted molar refractivity (Wildman–Crippen MR) is 75.5 cm³/mol. The van der Waals surface area contributed by atoms with E-state index in [2.05, 4.69) is 20.7 Å². The van der Waals surface area contributed by atoms with Gasteiger partial charge >= 0.3 is 0 Å². The van der Waals surface area contributed by atoms with Gasteiger partial charge in [0.05, 0.1) is 11.9 Å². The third kappa shape index (κ3) is 3.96. The Morgan fingerprint density at radius 3 is 2.61 bits per heavy atom. The molecular weight excluding hydrogens is 318 g/mol. The van der Waals surface area contributed by atoms with Gasteiger partial charge in [-0.25, -0.2) is 8.42 Å². The Labute approximate surface area is 116 Å². The van der Waals surface area contributed by atoms with Crippen LogP contribution in [-0.2, 0) is 20.1 Å². The molecule has 1 aliphatic heterocycles. The third-order valence-corrected chi connectivity index (χ3v) is 4.82. The number of hydrogen-bond donors (Lipinski definition) is 1. The molecule has 100 valence electrons.